The van der Waals surface area contributed by atoms with Gasteiger partial charge in [-0.25, -0.2) is 4.98 Å². The summed E-state index contributed by atoms with van der Waals surface area (Å²) >= 11 is 0. The molecule has 0 radical (unpaired) electrons. The molecule has 0 atom stereocenters. The van der Waals surface area contributed by atoms with Crippen LogP contribution in [0.15, 0.2) is 82.5 Å². The van der Waals surface area contributed by atoms with Gasteiger partial charge < -0.3 is 15.4 Å². The number of nitrogens with two attached hydrogens (primary N) is 1. The zero-order chi connectivity index (χ0) is 27.8. The second kappa shape index (κ2) is 10.3. The van der Waals surface area contributed by atoms with Gasteiger partial charge in [0.1, 0.15) is 11.4 Å². The molecule has 9 nitrogen and oxygen atoms in total. The number of nitrogens with zero attached hydrogens (tertiary/aromatic N) is 4. The van der Waals surface area contributed by atoms with Gasteiger partial charge in [0.2, 0.25) is 0 Å². The van der Waals surface area contributed by atoms with Gasteiger partial charge in [0.25, 0.3) is 16.8 Å². The number of hydrogen-bond donors (Lipinski definition) is 1. The van der Waals surface area contributed by atoms with Gasteiger partial charge in [-0.1, -0.05) is 54.6 Å². The van der Waals surface area contributed by atoms with Crippen molar-refractivity contribution in [2.24, 2.45) is 5.73 Å². The topological polar surface area (TPSA) is 119 Å². The standard InChI is InChI=1S/C31H27N5O4/c1-40-30-27(28(37)29(30)38)36-13-11-35(12-14-36)18-19-7-9-21(10-8-19)26-23(20-5-3-2-4-6-20)15-22-17-33-25(31(32)39)16-24(22)34-26/h2-10,15-17H,11-14,18H2,1H3,(H2,32,39). The van der Waals surface area contributed by atoms with Crippen LogP contribution in [0.4, 0.5) is 5.69 Å². The number of piperazine rings is 1. The van der Waals surface area contributed by atoms with Gasteiger partial charge in [0.15, 0.2) is 5.75 Å². The van der Waals surface area contributed by atoms with Crippen LogP contribution in [0.1, 0.15) is 16.1 Å². The van der Waals surface area contributed by atoms with E-state index in [0.717, 1.165) is 53.0 Å². The van der Waals surface area contributed by atoms with Crippen LogP contribution in [-0.2, 0) is 6.54 Å². The van der Waals surface area contributed by atoms with Gasteiger partial charge in [0, 0.05) is 55.4 Å². The Kier molecular flexibility index (Phi) is 6.57. The van der Waals surface area contributed by atoms with E-state index in [1.54, 1.807) is 12.3 Å². The van der Waals surface area contributed by atoms with Crippen molar-refractivity contribution in [2.45, 2.75) is 6.54 Å². The summed E-state index contributed by atoms with van der Waals surface area (Å²) in [5.74, 6) is -0.417. The van der Waals surface area contributed by atoms with Crippen molar-refractivity contribution < 1.29 is 9.53 Å². The first-order valence-electron chi connectivity index (χ1n) is 13.0. The molecule has 1 saturated heterocycles. The molecule has 2 N–H and O–H groups in total. The van der Waals surface area contributed by atoms with Crippen molar-refractivity contribution in [3.63, 3.8) is 0 Å². The number of amides is 1. The van der Waals surface area contributed by atoms with E-state index in [2.05, 4.69) is 34.1 Å². The van der Waals surface area contributed by atoms with Gasteiger partial charge in [-0.3, -0.25) is 24.3 Å². The smallest absolute Gasteiger partial charge is 0.272 e. The monoisotopic (exact) mass is 533 g/mol. The Balaban J connectivity index is 1.24. The van der Waals surface area contributed by atoms with Crippen LogP contribution in [0.5, 0.6) is 5.75 Å². The van der Waals surface area contributed by atoms with Gasteiger partial charge in [0.05, 0.1) is 18.3 Å². The molecule has 0 bridgehead atoms. The van der Waals surface area contributed by atoms with Gasteiger partial charge in [-0.2, -0.15) is 0 Å². The highest BCUT2D eigenvalue weighted by Gasteiger charge is 2.29. The van der Waals surface area contributed by atoms with Gasteiger partial charge in [-0.15, -0.1) is 0 Å². The first-order chi connectivity index (χ1) is 19.4. The number of hydrogen-bond acceptors (Lipinski definition) is 8. The van der Waals surface area contributed by atoms with E-state index in [0.29, 0.717) is 24.3 Å². The van der Waals surface area contributed by atoms with Crippen LogP contribution in [0.2, 0.25) is 0 Å². The SMILES string of the molecule is COc1c(N2CCN(Cc3ccc(-c4nc5cc(C(N)=O)ncc5cc4-c4ccccc4)cc3)CC2)c(=O)c1=O. The molecular formula is C31H27N5O4. The van der Waals surface area contributed by atoms with Crippen molar-refractivity contribution in [3.8, 4) is 28.1 Å². The lowest BCUT2D eigenvalue weighted by Crippen LogP contribution is -2.50. The number of anilines is 1. The molecule has 1 amide bonds. The summed E-state index contributed by atoms with van der Waals surface area (Å²) in [6.07, 6.45) is 1.63. The number of benzene rings is 2. The molecule has 0 unspecified atom stereocenters. The average molecular weight is 534 g/mol. The molecule has 1 aliphatic heterocycles. The van der Waals surface area contributed by atoms with E-state index >= 15 is 0 Å². The van der Waals surface area contributed by atoms with E-state index in [-0.39, 0.29) is 11.4 Å². The molecule has 3 heterocycles. The Morgan fingerprint density at radius 1 is 0.925 bits per heavy atom. The fourth-order valence-electron chi connectivity index (χ4n) is 5.25. The van der Waals surface area contributed by atoms with Crippen LogP contribution in [0.25, 0.3) is 33.3 Å². The first-order valence-corrected chi connectivity index (χ1v) is 13.0. The third-order valence-electron chi connectivity index (χ3n) is 7.41. The van der Waals surface area contributed by atoms with Crippen LogP contribution in [-0.4, -0.2) is 54.1 Å². The molecular weight excluding hydrogens is 506 g/mol. The number of aromatic nitrogens is 2. The molecule has 1 fully saturated rings. The van der Waals surface area contributed by atoms with Crippen LogP contribution in [0, 0.1) is 0 Å². The summed E-state index contributed by atoms with van der Waals surface area (Å²) < 4.78 is 5.11. The minimum absolute atomic E-state index is 0.174. The number of carbonyl (C=O) groups excluding carboxylic acids is 1. The third kappa shape index (κ3) is 4.60. The van der Waals surface area contributed by atoms with Crippen LogP contribution in [0.3, 0.4) is 0 Å². The number of fused-ring (bicyclic) bond motifs is 1. The summed E-state index contributed by atoms with van der Waals surface area (Å²) in [4.78, 5) is 48.8. The molecule has 3 aromatic carbocycles. The van der Waals surface area contributed by atoms with Crippen molar-refractivity contribution in [1.29, 1.82) is 0 Å². The number of ether oxygens (including phenoxy) is 1. The Bertz CT molecular complexity index is 1790. The minimum Gasteiger partial charge on any atom is -0.491 e. The lowest BCUT2D eigenvalue weighted by atomic mass is 9.97. The molecule has 2 aromatic heterocycles. The highest BCUT2D eigenvalue weighted by Crippen LogP contribution is 2.33. The van der Waals surface area contributed by atoms with Crippen molar-refractivity contribution in [3.05, 3.63) is 105 Å². The maximum Gasteiger partial charge on any atom is 0.272 e. The number of carbonyl (C=O) groups is 1. The molecule has 40 heavy (non-hydrogen) atoms. The third-order valence-corrected chi connectivity index (χ3v) is 7.41. The van der Waals surface area contributed by atoms with Crippen molar-refractivity contribution in [2.75, 3.05) is 38.2 Å². The van der Waals surface area contributed by atoms with E-state index in [9.17, 15) is 14.4 Å². The number of primary amides is 1. The highest BCUT2D eigenvalue weighted by atomic mass is 16.5. The van der Waals surface area contributed by atoms with E-state index in [1.165, 1.54) is 7.11 Å². The summed E-state index contributed by atoms with van der Waals surface area (Å²) in [6.45, 7) is 3.61. The normalized spacial score (nSPS) is 14.1. The quantitative estimate of drug-likeness (QED) is 0.317. The van der Waals surface area contributed by atoms with Crippen molar-refractivity contribution in [1.82, 2.24) is 14.9 Å². The Labute approximate surface area is 230 Å². The fraction of sp³-hybridized carbons (Fsp3) is 0.194. The zero-order valence-electron chi connectivity index (χ0n) is 22.0. The lowest BCUT2D eigenvalue weighted by molar-refractivity contribution is 0.0995. The molecule has 0 saturated carbocycles. The summed E-state index contributed by atoms with van der Waals surface area (Å²) in [5.41, 5.74) is 10.6. The number of methoxy groups -OCH3 is 1. The zero-order valence-corrected chi connectivity index (χ0v) is 22.0. The number of pyridine rings is 2. The Hall–Kier alpha value is -4.89. The Morgan fingerprint density at radius 2 is 1.65 bits per heavy atom. The molecule has 5 aromatic rings. The van der Waals surface area contributed by atoms with Crippen LogP contribution < -0.4 is 26.2 Å². The number of rotatable bonds is 7. The van der Waals surface area contributed by atoms with E-state index < -0.39 is 16.8 Å². The molecule has 0 spiro atoms. The molecule has 200 valence electrons. The average Bonchev–Trinajstić information content (AvgIpc) is 2.99. The predicted molar refractivity (Wildman–Crippen MR) is 154 cm³/mol. The lowest BCUT2D eigenvalue weighted by Gasteiger charge is -2.36. The first kappa shape index (κ1) is 25.4. The summed E-state index contributed by atoms with van der Waals surface area (Å²) in [7, 11) is 1.42. The summed E-state index contributed by atoms with van der Waals surface area (Å²) in [5, 5.41) is 0.824. The van der Waals surface area contributed by atoms with Gasteiger partial charge in [-0.05, 0) is 23.3 Å². The van der Waals surface area contributed by atoms with Crippen LogP contribution >= 0.6 is 0 Å². The molecule has 1 aliphatic rings. The predicted octanol–water partition coefficient (Wildman–Crippen LogP) is 2.99. The fourth-order valence-corrected chi connectivity index (χ4v) is 5.25. The van der Waals surface area contributed by atoms with E-state index in [1.807, 2.05) is 41.3 Å². The van der Waals surface area contributed by atoms with Gasteiger partial charge >= 0.3 is 0 Å². The molecule has 9 heteroatoms. The Morgan fingerprint density at radius 3 is 2.33 bits per heavy atom. The van der Waals surface area contributed by atoms with E-state index in [4.69, 9.17) is 15.5 Å². The maximum absolute atomic E-state index is 12.0. The molecule has 0 aliphatic carbocycles. The molecule has 6 rings (SSSR count). The second-order valence-electron chi connectivity index (χ2n) is 9.88. The summed E-state index contributed by atoms with van der Waals surface area (Å²) in [6, 6.07) is 22.1. The minimum atomic E-state index is -0.591. The second-order valence-corrected chi connectivity index (χ2v) is 9.88. The van der Waals surface area contributed by atoms with Crippen molar-refractivity contribution >= 4 is 22.5 Å². The highest BCUT2D eigenvalue weighted by molar-refractivity contribution is 5.97. The largest absolute Gasteiger partial charge is 0.491 e. The maximum atomic E-state index is 12.0.